The van der Waals surface area contributed by atoms with E-state index in [1.807, 2.05) is 11.3 Å². The molecule has 0 radical (unpaired) electrons. The standard InChI is InChI=1S/C15H26N2S/c1-5-8-16-10-14(4)11-17(13(2)3)12-15-7-6-9-18-15/h6-7,9,13,16H,4-5,8,10-12H2,1-3H3. The van der Waals surface area contributed by atoms with Gasteiger partial charge in [0.05, 0.1) is 0 Å². The second kappa shape index (κ2) is 8.46. The predicted molar refractivity (Wildman–Crippen MR) is 82.2 cm³/mol. The third-order valence-corrected chi connectivity index (χ3v) is 3.76. The van der Waals surface area contributed by atoms with Crippen LogP contribution >= 0.6 is 11.3 Å². The van der Waals surface area contributed by atoms with E-state index in [0.29, 0.717) is 6.04 Å². The topological polar surface area (TPSA) is 15.3 Å². The highest BCUT2D eigenvalue weighted by Gasteiger charge is 2.11. The molecule has 0 aliphatic rings. The highest BCUT2D eigenvalue weighted by molar-refractivity contribution is 7.09. The fraction of sp³-hybridized carbons (Fsp3) is 0.600. The molecule has 1 heterocycles. The summed E-state index contributed by atoms with van der Waals surface area (Å²) >= 11 is 1.83. The fourth-order valence-electron chi connectivity index (χ4n) is 1.81. The van der Waals surface area contributed by atoms with Gasteiger partial charge in [-0.05, 0) is 43.8 Å². The molecule has 0 saturated carbocycles. The van der Waals surface area contributed by atoms with Crippen LogP contribution in [-0.4, -0.2) is 30.6 Å². The van der Waals surface area contributed by atoms with Gasteiger partial charge >= 0.3 is 0 Å². The molecule has 1 rings (SSSR count). The van der Waals surface area contributed by atoms with E-state index in [9.17, 15) is 0 Å². The highest BCUT2D eigenvalue weighted by Crippen LogP contribution is 2.14. The largest absolute Gasteiger partial charge is 0.313 e. The van der Waals surface area contributed by atoms with Crippen LogP contribution in [0.2, 0.25) is 0 Å². The van der Waals surface area contributed by atoms with E-state index in [2.05, 4.69) is 55.1 Å². The molecule has 0 aliphatic heterocycles. The quantitative estimate of drug-likeness (QED) is 0.543. The van der Waals surface area contributed by atoms with Crippen LogP contribution in [0.1, 0.15) is 32.1 Å². The van der Waals surface area contributed by atoms with Crippen molar-refractivity contribution in [2.45, 2.75) is 39.8 Å². The highest BCUT2D eigenvalue weighted by atomic mass is 32.1. The second-order valence-electron chi connectivity index (χ2n) is 5.00. The van der Waals surface area contributed by atoms with Gasteiger partial charge in [-0.15, -0.1) is 11.3 Å². The number of nitrogens with zero attached hydrogens (tertiary/aromatic N) is 1. The fourth-order valence-corrected chi connectivity index (χ4v) is 2.54. The van der Waals surface area contributed by atoms with E-state index >= 15 is 0 Å². The van der Waals surface area contributed by atoms with Gasteiger partial charge in [0.25, 0.3) is 0 Å². The molecule has 3 heteroatoms. The SMILES string of the molecule is C=C(CNCCC)CN(Cc1cccs1)C(C)C. The lowest BCUT2D eigenvalue weighted by atomic mass is 10.2. The molecule has 0 aromatic carbocycles. The Bertz CT molecular complexity index is 330. The van der Waals surface area contributed by atoms with Crippen molar-refractivity contribution in [3.05, 3.63) is 34.5 Å². The van der Waals surface area contributed by atoms with Crippen LogP contribution in [0.25, 0.3) is 0 Å². The average molecular weight is 266 g/mol. The van der Waals surface area contributed by atoms with Crippen molar-refractivity contribution in [2.24, 2.45) is 0 Å². The molecule has 0 bridgehead atoms. The van der Waals surface area contributed by atoms with Gasteiger partial charge in [0.2, 0.25) is 0 Å². The van der Waals surface area contributed by atoms with Crippen LogP contribution < -0.4 is 5.32 Å². The van der Waals surface area contributed by atoms with Crippen molar-refractivity contribution in [3.63, 3.8) is 0 Å². The zero-order chi connectivity index (χ0) is 13.4. The molecule has 1 aromatic rings. The van der Waals surface area contributed by atoms with Gasteiger partial charge in [-0.2, -0.15) is 0 Å². The molecule has 0 unspecified atom stereocenters. The lowest BCUT2D eigenvalue weighted by Crippen LogP contribution is -2.34. The molecule has 0 saturated heterocycles. The van der Waals surface area contributed by atoms with Crippen molar-refractivity contribution in [3.8, 4) is 0 Å². The Kier molecular flexibility index (Phi) is 7.25. The number of thiophene rings is 1. The van der Waals surface area contributed by atoms with Gasteiger partial charge < -0.3 is 5.32 Å². The van der Waals surface area contributed by atoms with Gasteiger partial charge in [-0.1, -0.05) is 19.6 Å². The van der Waals surface area contributed by atoms with Crippen molar-refractivity contribution >= 4 is 11.3 Å². The summed E-state index contributed by atoms with van der Waals surface area (Å²) < 4.78 is 0. The number of hydrogen-bond donors (Lipinski definition) is 1. The van der Waals surface area contributed by atoms with E-state index < -0.39 is 0 Å². The maximum Gasteiger partial charge on any atom is 0.0334 e. The summed E-state index contributed by atoms with van der Waals surface area (Å²) in [5.74, 6) is 0. The lowest BCUT2D eigenvalue weighted by Gasteiger charge is -2.27. The van der Waals surface area contributed by atoms with Crippen molar-refractivity contribution in [1.82, 2.24) is 10.2 Å². The summed E-state index contributed by atoms with van der Waals surface area (Å²) in [6.45, 7) is 14.9. The molecule has 0 aliphatic carbocycles. The Hall–Kier alpha value is -0.640. The summed E-state index contributed by atoms with van der Waals surface area (Å²) in [6, 6.07) is 4.88. The molecule has 0 spiro atoms. The van der Waals surface area contributed by atoms with Crippen LogP contribution in [-0.2, 0) is 6.54 Å². The number of hydrogen-bond acceptors (Lipinski definition) is 3. The van der Waals surface area contributed by atoms with Crippen LogP contribution in [0.3, 0.4) is 0 Å². The van der Waals surface area contributed by atoms with Gasteiger partial charge in [0.15, 0.2) is 0 Å². The maximum absolute atomic E-state index is 4.18. The molecular formula is C15H26N2S. The van der Waals surface area contributed by atoms with Crippen LogP contribution in [0, 0.1) is 0 Å². The number of nitrogens with one attached hydrogen (secondary N) is 1. The van der Waals surface area contributed by atoms with E-state index in [1.54, 1.807) is 0 Å². The van der Waals surface area contributed by atoms with E-state index in [4.69, 9.17) is 0 Å². The first-order valence-corrected chi connectivity index (χ1v) is 7.65. The Morgan fingerprint density at radius 3 is 2.83 bits per heavy atom. The first-order valence-electron chi connectivity index (χ1n) is 6.77. The first-order chi connectivity index (χ1) is 8.63. The Labute approximate surface area is 116 Å². The van der Waals surface area contributed by atoms with Crippen molar-refractivity contribution < 1.29 is 0 Å². The van der Waals surface area contributed by atoms with Gasteiger partial charge in [-0.25, -0.2) is 0 Å². The van der Waals surface area contributed by atoms with E-state index in [0.717, 1.165) is 26.2 Å². The summed E-state index contributed by atoms with van der Waals surface area (Å²) in [5, 5.41) is 5.56. The maximum atomic E-state index is 4.18. The van der Waals surface area contributed by atoms with Crippen molar-refractivity contribution in [2.75, 3.05) is 19.6 Å². The molecule has 0 fully saturated rings. The van der Waals surface area contributed by atoms with E-state index in [-0.39, 0.29) is 0 Å². The van der Waals surface area contributed by atoms with Crippen LogP contribution in [0.5, 0.6) is 0 Å². The minimum Gasteiger partial charge on any atom is -0.313 e. The molecular weight excluding hydrogens is 240 g/mol. The Morgan fingerprint density at radius 2 is 2.28 bits per heavy atom. The van der Waals surface area contributed by atoms with Gasteiger partial charge in [0, 0.05) is 30.6 Å². The number of rotatable bonds is 9. The summed E-state index contributed by atoms with van der Waals surface area (Å²) in [7, 11) is 0. The summed E-state index contributed by atoms with van der Waals surface area (Å²) in [4.78, 5) is 3.90. The minimum absolute atomic E-state index is 0.551. The third-order valence-electron chi connectivity index (χ3n) is 2.90. The van der Waals surface area contributed by atoms with Crippen LogP contribution in [0.15, 0.2) is 29.7 Å². The zero-order valence-corrected chi connectivity index (χ0v) is 12.7. The van der Waals surface area contributed by atoms with E-state index in [1.165, 1.54) is 16.9 Å². The summed E-state index contributed by atoms with van der Waals surface area (Å²) in [5.41, 5.74) is 1.27. The average Bonchev–Trinajstić information content (AvgIpc) is 2.81. The second-order valence-corrected chi connectivity index (χ2v) is 6.04. The molecule has 102 valence electrons. The molecule has 18 heavy (non-hydrogen) atoms. The van der Waals surface area contributed by atoms with Crippen molar-refractivity contribution in [1.29, 1.82) is 0 Å². The first kappa shape index (κ1) is 15.4. The third kappa shape index (κ3) is 5.80. The molecule has 2 nitrogen and oxygen atoms in total. The molecule has 0 atom stereocenters. The molecule has 1 aromatic heterocycles. The molecule has 0 amide bonds. The minimum atomic E-state index is 0.551. The summed E-state index contributed by atoms with van der Waals surface area (Å²) in [6.07, 6.45) is 1.18. The Balaban J connectivity index is 2.40. The molecule has 1 N–H and O–H groups in total. The van der Waals surface area contributed by atoms with Crippen LogP contribution in [0.4, 0.5) is 0 Å². The predicted octanol–water partition coefficient (Wildman–Crippen LogP) is 3.51. The van der Waals surface area contributed by atoms with Gasteiger partial charge in [0.1, 0.15) is 0 Å². The van der Waals surface area contributed by atoms with Gasteiger partial charge in [-0.3, -0.25) is 4.90 Å². The smallest absolute Gasteiger partial charge is 0.0334 e. The lowest BCUT2D eigenvalue weighted by molar-refractivity contribution is 0.232. The Morgan fingerprint density at radius 1 is 1.50 bits per heavy atom. The normalized spacial score (nSPS) is 11.4. The monoisotopic (exact) mass is 266 g/mol. The zero-order valence-electron chi connectivity index (χ0n) is 11.9.